The van der Waals surface area contributed by atoms with Crippen LogP contribution >= 0.6 is 15.9 Å². The number of nitrogens with one attached hydrogen (secondary N) is 1. The molecule has 0 atom stereocenters. The van der Waals surface area contributed by atoms with Crippen molar-refractivity contribution in [2.75, 3.05) is 26.4 Å². The molecule has 0 saturated heterocycles. The van der Waals surface area contributed by atoms with Gasteiger partial charge >= 0.3 is 0 Å². The van der Waals surface area contributed by atoms with Crippen LogP contribution in [0.4, 0.5) is 0 Å². The van der Waals surface area contributed by atoms with Gasteiger partial charge in [-0.05, 0) is 34.5 Å². The Labute approximate surface area is 108 Å². The van der Waals surface area contributed by atoms with Gasteiger partial charge in [-0.15, -0.1) is 0 Å². The Balaban J connectivity index is 2.21. The molecule has 6 heteroatoms. The number of carbonyl (C=O) groups excluding carboxylic acids is 1. The Kier molecular flexibility index (Phi) is 6.76. The summed E-state index contributed by atoms with van der Waals surface area (Å²) in [7, 11) is 0. The van der Waals surface area contributed by atoms with E-state index in [2.05, 4.69) is 26.2 Å². The average molecular weight is 303 g/mol. The highest BCUT2D eigenvalue weighted by Crippen LogP contribution is 2.07. The zero-order valence-corrected chi connectivity index (χ0v) is 10.9. The van der Waals surface area contributed by atoms with Crippen LogP contribution in [0, 0.1) is 0 Å². The van der Waals surface area contributed by atoms with E-state index in [0.717, 1.165) is 6.42 Å². The molecule has 1 amide bonds. The number of nitrogens with zero attached hydrogens (tertiary/aromatic N) is 1. The number of aromatic nitrogens is 1. The van der Waals surface area contributed by atoms with E-state index in [1.807, 2.05) is 0 Å². The van der Waals surface area contributed by atoms with Crippen LogP contribution in [0.3, 0.4) is 0 Å². The molecule has 1 aromatic rings. The lowest BCUT2D eigenvalue weighted by atomic mass is 10.2. The third-order valence-electron chi connectivity index (χ3n) is 1.98. The molecule has 0 saturated carbocycles. The lowest BCUT2D eigenvalue weighted by Gasteiger charge is -2.05. The summed E-state index contributed by atoms with van der Waals surface area (Å²) in [5.41, 5.74) is 0.572. The van der Waals surface area contributed by atoms with E-state index >= 15 is 0 Å². The van der Waals surface area contributed by atoms with Crippen LogP contribution < -0.4 is 5.32 Å². The number of carbonyl (C=O) groups is 1. The van der Waals surface area contributed by atoms with E-state index in [4.69, 9.17) is 9.84 Å². The molecule has 0 unspecified atom stereocenters. The second kappa shape index (κ2) is 8.16. The van der Waals surface area contributed by atoms with Gasteiger partial charge in [-0.1, -0.05) is 0 Å². The molecule has 0 aliphatic heterocycles. The number of rotatable bonds is 7. The number of aliphatic hydroxyl groups is 1. The van der Waals surface area contributed by atoms with E-state index in [9.17, 15) is 4.79 Å². The van der Waals surface area contributed by atoms with Crippen LogP contribution in [-0.4, -0.2) is 42.4 Å². The van der Waals surface area contributed by atoms with Crippen LogP contribution in [0.25, 0.3) is 0 Å². The lowest BCUT2D eigenvalue weighted by molar-refractivity contribution is 0.0867. The average Bonchev–Trinajstić information content (AvgIpc) is 2.33. The van der Waals surface area contributed by atoms with Gasteiger partial charge in [0, 0.05) is 24.9 Å². The molecule has 0 fully saturated rings. The molecule has 1 aromatic heterocycles. The van der Waals surface area contributed by atoms with Gasteiger partial charge in [0.15, 0.2) is 0 Å². The molecule has 0 spiro atoms. The van der Waals surface area contributed by atoms with Gasteiger partial charge in [-0.2, -0.15) is 0 Å². The van der Waals surface area contributed by atoms with Crippen molar-refractivity contribution in [2.24, 2.45) is 0 Å². The zero-order chi connectivity index (χ0) is 12.5. The fourth-order valence-corrected chi connectivity index (χ4v) is 1.55. The van der Waals surface area contributed by atoms with Crippen LogP contribution in [0.2, 0.25) is 0 Å². The first-order valence-corrected chi connectivity index (χ1v) is 6.11. The molecule has 0 bridgehead atoms. The Bertz CT molecular complexity index is 360. The minimum absolute atomic E-state index is 0.0252. The summed E-state index contributed by atoms with van der Waals surface area (Å²) < 4.78 is 5.71. The number of hydrogen-bond donors (Lipinski definition) is 2. The van der Waals surface area contributed by atoms with Crippen molar-refractivity contribution in [2.45, 2.75) is 6.42 Å². The highest BCUT2D eigenvalue weighted by atomic mass is 79.9. The third-order valence-corrected chi connectivity index (χ3v) is 2.41. The largest absolute Gasteiger partial charge is 0.394 e. The summed E-state index contributed by atoms with van der Waals surface area (Å²) in [5, 5.41) is 11.3. The molecule has 94 valence electrons. The van der Waals surface area contributed by atoms with Gasteiger partial charge in [0.05, 0.1) is 13.2 Å². The van der Waals surface area contributed by atoms with Crippen molar-refractivity contribution in [1.29, 1.82) is 0 Å². The molecule has 0 radical (unpaired) electrons. The van der Waals surface area contributed by atoms with Crippen LogP contribution in [-0.2, 0) is 4.74 Å². The fourth-order valence-electron chi connectivity index (χ4n) is 1.19. The first-order valence-electron chi connectivity index (χ1n) is 5.32. The van der Waals surface area contributed by atoms with Gasteiger partial charge in [-0.25, -0.2) is 4.98 Å². The number of aliphatic hydroxyl groups excluding tert-OH is 1. The van der Waals surface area contributed by atoms with E-state index in [1.54, 1.807) is 18.3 Å². The number of pyridine rings is 1. The second-order valence-electron chi connectivity index (χ2n) is 3.31. The maximum absolute atomic E-state index is 11.6. The van der Waals surface area contributed by atoms with Crippen molar-refractivity contribution < 1.29 is 14.6 Å². The Morgan fingerprint density at radius 3 is 3.06 bits per heavy atom. The van der Waals surface area contributed by atoms with Gasteiger partial charge < -0.3 is 15.2 Å². The molecule has 2 N–H and O–H groups in total. The highest BCUT2D eigenvalue weighted by Gasteiger charge is 2.04. The molecular weight excluding hydrogens is 288 g/mol. The summed E-state index contributed by atoms with van der Waals surface area (Å²) in [6.07, 6.45) is 2.29. The molecule has 1 rings (SSSR count). The second-order valence-corrected chi connectivity index (χ2v) is 4.13. The fraction of sp³-hybridized carbons (Fsp3) is 0.455. The Morgan fingerprint density at radius 1 is 1.53 bits per heavy atom. The Morgan fingerprint density at radius 2 is 2.35 bits per heavy atom. The van der Waals surface area contributed by atoms with Crippen LogP contribution in [0.1, 0.15) is 16.8 Å². The van der Waals surface area contributed by atoms with Gasteiger partial charge in [-0.3, -0.25) is 4.79 Å². The maximum atomic E-state index is 11.6. The van der Waals surface area contributed by atoms with E-state index in [0.29, 0.717) is 29.9 Å². The molecule has 5 nitrogen and oxygen atoms in total. The lowest BCUT2D eigenvalue weighted by Crippen LogP contribution is -2.25. The van der Waals surface area contributed by atoms with Gasteiger partial charge in [0.1, 0.15) is 4.60 Å². The Hall–Kier alpha value is -0.980. The van der Waals surface area contributed by atoms with Crippen LogP contribution in [0.5, 0.6) is 0 Å². The number of ether oxygens (including phenoxy) is 1. The van der Waals surface area contributed by atoms with Crippen LogP contribution in [0.15, 0.2) is 22.9 Å². The predicted octanol–water partition coefficient (Wildman–Crippen LogP) is 0.973. The summed E-state index contributed by atoms with van der Waals surface area (Å²) in [5.74, 6) is -0.129. The number of hydrogen-bond acceptors (Lipinski definition) is 4. The highest BCUT2D eigenvalue weighted by molar-refractivity contribution is 9.10. The van der Waals surface area contributed by atoms with Gasteiger partial charge in [0.2, 0.25) is 0 Å². The maximum Gasteiger partial charge on any atom is 0.251 e. The van der Waals surface area contributed by atoms with Crippen molar-refractivity contribution in [1.82, 2.24) is 10.3 Å². The number of halogens is 1. The minimum atomic E-state index is -0.129. The summed E-state index contributed by atoms with van der Waals surface area (Å²) >= 11 is 3.21. The first-order chi connectivity index (χ1) is 8.24. The summed E-state index contributed by atoms with van der Waals surface area (Å²) in [6.45, 7) is 1.44. The van der Waals surface area contributed by atoms with Crippen molar-refractivity contribution >= 4 is 21.8 Å². The van der Waals surface area contributed by atoms with Crippen molar-refractivity contribution in [3.05, 3.63) is 28.5 Å². The van der Waals surface area contributed by atoms with E-state index in [-0.39, 0.29) is 12.5 Å². The molecule has 0 aliphatic rings. The molecule has 1 heterocycles. The first kappa shape index (κ1) is 14.1. The quantitative estimate of drug-likeness (QED) is 0.582. The summed E-state index contributed by atoms with van der Waals surface area (Å²) in [6, 6.07) is 3.32. The van der Waals surface area contributed by atoms with E-state index < -0.39 is 0 Å². The van der Waals surface area contributed by atoms with Gasteiger partial charge in [0.25, 0.3) is 5.91 Å². The predicted molar refractivity (Wildman–Crippen MR) is 66.8 cm³/mol. The monoisotopic (exact) mass is 302 g/mol. The summed E-state index contributed by atoms with van der Waals surface area (Å²) in [4.78, 5) is 15.6. The van der Waals surface area contributed by atoms with Crippen molar-refractivity contribution in [3.63, 3.8) is 0 Å². The number of amides is 1. The van der Waals surface area contributed by atoms with E-state index in [1.165, 1.54) is 0 Å². The minimum Gasteiger partial charge on any atom is -0.394 e. The zero-order valence-electron chi connectivity index (χ0n) is 9.36. The standard InChI is InChI=1S/C11H15BrN2O3/c12-10-8-9(2-4-13-10)11(16)14-3-1-6-17-7-5-15/h2,4,8,15H,1,3,5-7H2,(H,14,16). The smallest absolute Gasteiger partial charge is 0.251 e. The van der Waals surface area contributed by atoms with Crippen molar-refractivity contribution in [3.8, 4) is 0 Å². The normalized spacial score (nSPS) is 10.2. The molecule has 17 heavy (non-hydrogen) atoms. The molecule has 0 aromatic carbocycles. The topological polar surface area (TPSA) is 71.5 Å². The SMILES string of the molecule is O=C(NCCCOCCO)c1ccnc(Br)c1. The molecule has 0 aliphatic carbocycles. The third kappa shape index (κ3) is 5.76. The molecular formula is C11H15BrN2O3.